The zero-order valence-corrected chi connectivity index (χ0v) is 17.4. The van der Waals surface area contributed by atoms with Gasteiger partial charge in [0.15, 0.2) is 0 Å². The molecule has 0 saturated carbocycles. The minimum atomic E-state index is -0.110. The highest BCUT2D eigenvalue weighted by molar-refractivity contribution is 5.78. The molecule has 1 aromatic carbocycles. The molecule has 0 N–H and O–H groups in total. The van der Waals surface area contributed by atoms with Crippen molar-refractivity contribution >= 4 is 5.91 Å². The fourth-order valence-electron chi connectivity index (χ4n) is 3.15. The second kappa shape index (κ2) is 10.5. The van der Waals surface area contributed by atoms with E-state index < -0.39 is 0 Å². The lowest BCUT2D eigenvalue weighted by Crippen LogP contribution is -2.36. The largest absolute Gasteiger partial charge is 0.497 e. The summed E-state index contributed by atoms with van der Waals surface area (Å²) in [6.45, 7) is 3.14. The minimum absolute atomic E-state index is 0.0333. The standard InChI is InChI=1S/C22H26N4O4/c1-16(17-9-11-23-12-10-17)26(13-4-14-28-2)21(27)15-20-24-22(25-30-20)18-5-7-19(29-3)8-6-18/h5-12,16H,4,13-15H2,1-3H3. The molecule has 0 saturated heterocycles. The van der Waals surface area contributed by atoms with Gasteiger partial charge in [-0.25, -0.2) is 0 Å². The van der Waals surface area contributed by atoms with Crippen LogP contribution in [0.2, 0.25) is 0 Å². The Hall–Kier alpha value is -3.26. The van der Waals surface area contributed by atoms with Crippen LogP contribution in [0.1, 0.15) is 30.8 Å². The summed E-state index contributed by atoms with van der Waals surface area (Å²) in [6.07, 6.45) is 4.22. The molecule has 0 aliphatic carbocycles. The molecule has 2 heterocycles. The van der Waals surface area contributed by atoms with Gasteiger partial charge in [-0.2, -0.15) is 4.98 Å². The molecule has 8 heteroatoms. The molecule has 0 radical (unpaired) electrons. The van der Waals surface area contributed by atoms with Crippen LogP contribution in [0.25, 0.3) is 11.4 Å². The zero-order valence-electron chi connectivity index (χ0n) is 17.4. The molecule has 1 amide bonds. The first-order valence-corrected chi connectivity index (χ1v) is 9.77. The second-order valence-corrected chi connectivity index (χ2v) is 6.81. The molecule has 1 unspecified atom stereocenters. The van der Waals surface area contributed by atoms with Crippen LogP contribution in [0, 0.1) is 0 Å². The summed E-state index contributed by atoms with van der Waals surface area (Å²) >= 11 is 0. The Morgan fingerprint density at radius 2 is 1.87 bits per heavy atom. The molecule has 0 aliphatic rings. The van der Waals surface area contributed by atoms with Crippen LogP contribution in [0.15, 0.2) is 53.3 Å². The lowest BCUT2D eigenvalue weighted by molar-refractivity contribution is -0.133. The van der Waals surface area contributed by atoms with E-state index in [-0.39, 0.29) is 24.3 Å². The van der Waals surface area contributed by atoms with E-state index in [4.69, 9.17) is 14.0 Å². The molecule has 30 heavy (non-hydrogen) atoms. The number of methoxy groups -OCH3 is 2. The first-order valence-electron chi connectivity index (χ1n) is 9.77. The van der Waals surface area contributed by atoms with Crippen molar-refractivity contribution in [3.05, 3.63) is 60.2 Å². The Labute approximate surface area is 175 Å². The van der Waals surface area contributed by atoms with E-state index in [9.17, 15) is 4.79 Å². The maximum atomic E-state index is 13.1. The normalized spacial score (nSPS) is 11.8. The number of benzene rings is 1. The summed E-state index contributed by atoms with van der Waals surface area (Å²) in [5, 5.41) is 4.01. The number of hydrogen-bond acceptors (Lipinski definition) is 7. The Morgan fingerprint density at radius 3 is 2.53 bits per heavy atom. The lowest BCUT2D eigenvalue weighted by Gasteiger charge is -2.29. The van der Waals surface area contributed by atoms with E-state index in [1.165, 1.54) is 0 Å². The van der Waals surface area contributed by atoms with Crippen molar-refractivity contribution in [1.82, 2.24) is 20.0 Å². The molecule has 1 atom stereocenters. The van der Waals surface area contributed by atoms with Crippen molar-refractivity contribution in [3.8, 4) is 17.1 Å². The van der Waals surface area contributed by atoms with Crippen molar-refractivity contribution in [3.63, 3.8) is 0 Å². The van der Waals surface area contributed by atoms with Gasteiger partial charge < -0.3 is 18.9 Å². The Morgan fingerprint density at radius 1 is 1.13 bits per heavy atom. The highest BCUT2D eigenvalue weighted by Crippen LogP contribution is 2.22. The maximum absolute atomic E-state index is 13.1. The first kappa shape index (κ1) is 21.4. The van der Waals surface area contributed by atoms with Gasteiger partial charge in [0.25, 0.3) is 0 Å². The average molecular weight is 410 g/mol. The van der Waals surface area contributed by atoms with Crippen molar-refractivity contribution in [2.75, 3.05) is 27.4 Å². The lowest BCUT2D eigenvalue weighted by atomic mass is 10.1. The van der Waals surface area contributed by atoms with Crippen LogP contribution in [-0.2, 0) is 16.0 Å². The van der Waals surface area contributed by atoms with Gasteiger partial charge >= 0.3 is 0 Å². The molecular weight excluding hydrogens is 384 g/mol. The maximum Gasteiger partial charge on any atom is 0.236 e. The van der Waals surface area contributed by atoms with Crippen molar-refractivity contribution in [1.29, 1.82) is 0 Å². The Balaban J connectivity index is 1.72. The summed E-state index contributed by atoms with van der Waals surface area (Å²) in [5.41, 5.74) is 1.81. The van der Waals surface area contributed by atoms with Crippen LogP contribution in [-0.4, -0.2) is 53.3 Å². The van der Waals surface area contributed by atoms with E-state index in [1.807, 2.05) is 48.2 Å². The highest BCUT2D eigenvalue weighted by atomic mass is 16.5. The highest BCUT2D eigenvalue weighted by Gasteiger charge is 2.23. The number of ether oxygens (including phenoxy) is 2. The number of rotatable bonds is 10. The van der Waals surface area contributed by atoms with E-state index >= 15 is 0 Å². The van der Waals surface area contributed by atoms with Gasteiger partial charge in [0, 0.05) is 38.2 Å². The molecular formula is C22H26N4O4. The summed E-state index contributed by atoms with van der Waals surface area (Å²) in [5.74, 6) is 1.38. The topological polar surface area (TPSA) is 90.6 Å². The van der Waals surface area contributed by atoms with Gasteiger partial charge in [-0.1, -0.05) is 5.16 Å². The van der Waals surface area contributed by atoms with Crippen molar-refractivity contribution < 1.29 is 18.8 Å². The number of hydrogen-bond donors (Lipinski definition) is 0. The van der Waals surface area contributed by atoms with Gasteiger partial charge in [-0.3, -0.25) is 9.78 Å². The molecule has 2 aromatic heterocycles. The molecule has 3 aromatic rings. The number of aromatic nitrogens is 3. The summed E-state index contributed by atoms with van der Waals surface area (Å²) in [6, 6.07) is 11.1. The van der Waals surface area contributed by atoms with Crippen LogP contribution >= 0.6 is 0 Å². The third-order valence-electron chi connectivity index (χ3n) is 4.84. The van der Waals surface area contributed by atoms with E-state index in [0.29, 0.717) is 19.0 Å². The molecule has 158 valence electrons. The van der Waals surface area contributed by atoms with Gasteiger partial charge in [-0.15, -0.1) is 0 Å². The number of carbonyl (C=O) groups is 1. The average Bonchev–Trinajstić information content (AvgIpc) is 3.25. The van der Waals surface area contributed by atoms with Gasteiger partial charge in [0.1, 0.15) is 12.2 Å². The monoisotopic (exact) mass is 410 g/mol. The van der Waals surface area contributed by atoms with Gasteiger partial charge in [0.2, 0.25) is 17.6 Å². The third-order valence-corrected chi connectivity index (χ3v) is 4.84. The summed E-state index contributed by atoms with van der Waals surface area (Å²) in [4.78, 5) is 23.3. The Bertz CT molecular complexity index is 928. The molecule has 0 aliphatic heterocycles. The van der Waals surface area contributed by atoms with Gasteiger partial charge in [0.05, 0.1) is 13.2 Å². The van der Waals surface area contributed by atoms with Gasteiger partial charge in [-0.05, 0) is 55.3 Å². The molecule has 0 spiro atoms. The Kier molecular flexibility index (Phi) is 7.51. The molecule has 0 fully saturated rings. The predicted molar refractivity (Wildman–Crippen MR) is 111 cm³/mol. The number of carbonyl (C=O) groups excluding carboxylic acids is 1. The summed E-state index contributed by atoms with van der Waals surface area (Å²) in [7, 11) is 3.26. The third kappa shape index (κ3) is 5.42. The number of nitrogens with zero attached hydrogens (tertiary/aromatic N) is 4. The predicted octanol–water partition coefficient (Wildman–Crippen LogP) is 3.31. The molecule has 0 bridgehead atoms. The smallest absolute Gasteiger partial charge is 0.236 e. The molecule has 3 rings (SSSR count). The SMILES string of the molecule is COCCCN(C(=O)Cc1nc(-c2ccc(OC)cc2)no1)C(C)c1ccncc1. The molecule has 8 nitrogen and oxygen atoms in total. The van der Waals surface area contributed by atoms with Crippen LogP contribution in [0.3, 0.4) is 0 Å². The van der Waals surface area contributed by atoms with Crippen LogP contribution in [0.5, 0.6) is 5.75 Å². The van der Waals surface area contributed by atoms with Crippen molar-refractivity contribution in [2.45, 2.75) is 25.8 Å². The van der Waals surface area contributed by atoms with Crippen LogP contribution in [0.4, 0.5) is 0 Å². The minimum Gasteiger partial charge on any atom is -0.497 e. The van der Waals surface area contributed by atoms with E-state index in [2.05, 4.69) is 15.1 Å². The van der Waals surface area contributed by atoms with E-state index in [0.717, 1.165) is 23.3 Å². The summed E-state index contributed by atoms with van der Waals surface area (Å²) < 4.78 is 15.6. The van der Waals surface area contributed by atoms with E-state index in [1.54, 1.807) is 26.6 Å². The first-order chi connectivity index (χ1) is 14.6. The number of amides is 1. The number of pyridine rings is 1. The van der Waals surface area contributed by atoms with Crippen molar-refractivity contribution in [2.24, 2.45) is 0 Å². The fraction of sp³-hybridized carbons (Fsp3) is 0.364. The second-order valence-electron chi connectivity index (χ2n) is 6.81. The fourth-order valence-corrected chi connectivity index (χ4v) is 3.15. The zero-order chi connectivity index (χ0) is 21.3. The quantitative estimate of drug-likeness (QED) is 0.474. The van der Waals surface area contributed by atoms with Crippen LogP contribution < -0.4 is 4.74 Å².